The Balaban J connectivity index is 1.71. The van der Waals surface area contributed by atoms with Crippen LogP contribution in [0.25, 0.3) is 0 Å². The van der Waals surface area contributed by atoms with Crippen molar-refractivity contribution < 1.29 is 17.9 Å². The number of carbonyl (C=O) groups excluding carboxylic acids is 1. The van der Waals surface area contributed by atoms with Crippen molar-refractivity contribution in [2.24, 2.45) is 0 Å². The Labute approximate surface area is 157 Å². The van der Waals surface area contributed by atoms with Gasteiger partial charge in [0.05, 0.1) is 18.1 Å². The molecule has 8 heteroatoms. The summed E-state index contributed by atoms with van der Waals surface area (Å²) < 4.78 is 32.0. The maximum atomic E-state index is 12.7. The number of morpholine rings is 1. The number of benzene rings is 2. The molecule has 0 unspecified atom stereocenters. The van der Waals surface area contributed by atoms with Gasteiger partial charge in [-0.25, -0.2) is 8.42 Å². The maximum absolute atomic E-state index is 12.7. The highest BCUT2D eigenvalue weighted by atomic mass is 35.5. The lowest BCUT2D eigenvalue weighted by molar-refractivity contribution is 0.0730. The van der Waals surface area contributed by atoms with Gasteiger partial charge < -0.3 is 10.1 Å². The standard InChI is InChI=1S/C18H19ClN2O4S/c19-16-6-4-14(5-7-16)13-20-18(22)15-2-1-3-17(12-15)26(23,24)21-8-10-25-11-9-21/h1-7,12H,8-11,13H2,(H,20,22). The first-order chi connectivity index (χ1) is 12.5. The molecular formula is C18H19ClN2O4S. The topological polar surface area (TPSA) is 75.7 Å². The third-order valence-electron chi connectivity index (χ3n) is 4.07. The average molecular weight is 395 g/mol. The Morgan fingerprint density at radius 3 is 2.50 bits per heavy atom. The van der Waals surface area contributed by atoms with Crippen molar-refractivity contribution in [3.05, 3.63) is 64.7 Å². The second-order valence-corrected chi connectivity index (χ2v) is 8.23. The fourth-order valence-electron chi connectivity index (χ4n) is 2.62. The molecule has 0 bridgehead atoms. The molecule has 1 heterocycles. The van der Waals surface area contributed by atoms with Gasteiger partial charge in [0.15, 0.2) is 0 Å². The summed E-state index contributed by atoms with van der Waals surface area (Å²) in [4.78, 5) is 12.5. The van der Waals surface area contributed by atoms with E-state index in [-0.39, 0.29) is 10.8 Å². The molecular weight excluding hydrogens is 376 g/mol. The van der Waals surface area contributed by atoms with Crippen LogP contribution in [-0.4, -0.2) is 44.9 Å². The van der Waals surface area contributed by atoms with Gasteiger partial charge in [-0.15, -0.1) is 0 Å². The molecule has 2 aromatic carbocycles. The Morgan fingerprint density at radius 2 is 1.81 bits per heavy atom. The summed E-state index contributed by atoms with van der Waals surface area (Å²) in [5.41, 5.74) is 1.20. The van der Waals surface area contributed by atoms with Crippen LogP contribution in [0, 0.1) is 0 Å². The van der Waals surface area contributed by atoms with Gasteiger partial charge in [-0.2, -0.15) is 4.31 Å². The molecule has 3 rings (SSSR count). The fourth-order valence-corrected chi connectivity index (χ4v) is 4.20. The number of carbonyl (C=O) groups is 1. The highest BCUT2D eigenvalue weighted by Gasteiger charge is 2.26. The first-order valence-corrected chi connectivity index (χ1v) is 9.99. The van der Waals surface area contributed by atoms with Gasteiger partial charge in [0.2, 0.25) is 10.0 Å². The minimum absolute atomic E-state index is 0.110. The highest BCUT2D eigenvalue weighted by molar-refractivity contribution is 7.89. The van der Waals surface area contributed by atoms with Crippen molar-refractivity contribution in [1.82, 2.24) is 9.62 Å². The molecule has 0 atom stereocenters. The molecule has 0 radical (unpaired) electrons. The highest BCUT2D eigenvalue weighted by Crippen LogP contribution is 2.18. The molecule has 1 fully saturated rings. The molecule has 0 aliphatic carbocycles. The molecule has 138 valence electrons. The third kappa shape index (κ3) is 4.42. The molecule has 1 saturated heterocycles. The summed E-state index contributed by atoms with van der Waals surface area (Å²) in [6, 6.07) is 13.2. The molecule has 0 spiro atoms. The number of sulfonamides is 1. The van der Waals surface area contributed by atoms with Crippen LogP contribution in [0.1, 0.15) is 15.9 Å². The van der Waals surface area contributed by atoms with Crippen LogP contribution in [0.15, 0.2) is 53.4 Å². The molecule has 1 N–H and O–H groups in total. The van der Waals surface area contributed by atoms with Crippen LogP contribution >= 0.6 is 11.6 Å². The van der Waals surface area contributed by atoms with Crippen molar-refractivity contribution in [1.29, 1.82) is 0 Å². The summed E-state index contributed by atoms with van der Waals surface area (Å²) in [5.74, 6) is -0.334. The predicted molar refractivity (Wildman–Crippen MR) is 98.6 cm³/mol. The van der Waals surface area contributed by atoms with E-state index in [9.17, 15) is 13.2 Å². The van der Waals surface area contributed by atoms with Gasteiger partial charge in [0.1, 0.15) is 0 Å². The minimum Gasteiger partial charge on any atom is -0.379 e. The molecule has 1 aliphatic rings. The van der Waals surface area contributed by atoms with E-state index in [2.05, 4.69) is 5.32 Å². The number of nitrogens with one attached hydrogen (secondary N) is 1. The number of ether oxygens (including phenoxy) is 1. The summed E-state index contributed by atoms with van der Waals surface area (Å²) in [6.07, 6.45) is 0. The molecule has 2 aromatic rings. The van der Waals surface area contributed by atoms with E-state index in [4.69, 9.17) is 16.3 Å². The van der Waals surface area contributed by atoms with Crippen molar-refractivity contribution in [2.45, 2.75) is 11.4 Å². The van der Waals surface area contributed by atoms with Gasteiger partial charge in [-0.1, -0.05) is 29.8 Å². The summed E-state index contributed by atoms with van der Waals surface area (Å²) in [7, 11) is -3.63. The fraction of sp³-hybridized carbons (Fsp3) is 0.278. The van der Waals surface area contributed by atoms with Crippen LogP contribution in [-0.2, 0) is 21.3 Å². The largest absolute Gasteiger partial charge is 0.379 e. The molecule has 0 aromatic heterocycles. The molecule has 1 aliphatic heterocycles. The van der Waals surface area contributed by atoms with Gasteiger partial charge in [-0.3, -0.25) is 4.79 Å². The van der Waals surface area contributed by atoms with Gasteiger partial charge in [-0.05, 0) is 35.9 Å². The second kappa shape index (κ2) is 8.18. The van der Waals surface area contributed by atoms with Crippen molar-refractivity contribution in [2.75, 3.05) is 26.3 Å². The third-order valence-corrected chi connectivity index (χ3v) is 6.22. The molecule has 0 saturated carbocycles. The normalized spacial score (nSPS) is 15.6. The lowest BCUT2D eigenvalue weighted by atomic mass is 10.2. The van der Waals surface area contributed by atoms with Gasteiger partial charge in [0, 0.05) is 30.2 Å². The Bertz CT molecular complexity index is 878. The molecule has 6 nitrogen and oxygen atoms in total. The quantitative estimate of drug-likeness (QED) is 0.844. The van der Waals surface area contributed by atoms with Crippen molar-refractivity contribution in [3.63, 3.8) is 0 Å². The monoisotopic (exact) mass is 394 g/mol. The molecule has 26 heavy (non-hydrogen) atoms. The van der Waals surface area contributed by atoms with Gasteiger partial charge >= 0.3 is 0 Å². The minimum atomic E-state index is -3.63. The zero-order valence-corrected chi connectivity index (χ0v) is 15.6. The Hall–Kier alpha value is -1.93. The SMILES string of the molecule is O=C(NCc1ccc(Cl)cc1)c1cccc(S(=O)(=O)N2CCOCC2)c1. The predicted octanol–water partition coefficient (Wildman–Crippen LogP) is 2.29. The van der Waals surface area contributed by atoms with Crippen LogP contribution in [0.2, 0.25) is 5.02 Å². The first-order valence-electron chi connectivity index (χ1n) is 8.17. The Kier molecular flexibility index (Phi) is 5.93. The number of nitrogens with zero attached hydrogens (tertiary/aromatic N) is 1. The van der Waals surface area contributed by atoms with Crippen molar-refractivity contribution >= 4 is 27.5 Å². The maximum Gasteiger partial charge on any atom is 0.251 e. The van der Waals surface area contributed by atoms with E-state index in [1.165, 1.54) is 16.4 Å². The van der Waals surface area contributed by atoms with Crippen LogP contribution in [0.3, 0.4) is 0 Å². The second-order valence-electron chi connectivity index (χ2n) is 5.85. The van der Waals surface area contributed by atoms with E-state index in [1.807, 2.05) is 12.1 Å². The number of hydrogen-bond donors (Lipinski definition) is 1. The van der Waals surface area contributed by atoms with Crippen LogP contribution in [0.4, 0.5) is 0 Å². The van der Waals surface area contributed by atoms with E-state index < -0.39 is 10.0 Å². The van der Waals surface area contributed by atoms with E-state index in [0.717, 1.165) is 5.56 Å². The Morgan fingerprint density at radius 1 is 1.12 bits per heavy atom. The van der Waals surface area contributed by atoms with E-state index in [1.54, 1.807) is 24.3 Å². The number of hydrogen-bond acceptors (Lipinski definition) is 4. The number of amides is 1. The average Bonchev–Trinajstić information content (AvgIpc) is 2.68. The van der Waals surface area contributed by atoms with Crippen LogP contribution in [0.5, 0.6) is 0 Å². The zero-order valence-electron chi connectivity index (χ0n) is 14.0. The lowest BCUT2D eigenvalue weighted by Gasteiger charge is -2.26. The van der Waals surface area contributed by atoms with Gasteiger partial charge in [0.25, 0.3) is 5.91 Å². The van der Waals surface area contributed by atoms with E-state index >= 15 is 0 Å². The first kappa shape index (κ1) is 18.8. The lowest BCUT2D eigenvalue weighted by Crippen LogP contribution is -2.40. The molecule has 1 amide bonds. The number of rotatable bonds is 5. The summed E-state index contributed by atoms with van der Waals surface area (Å²) in [5, 5.41) is 3.41. The van der Waals surface area contributed by atoms with Crippen LogP contribution < -0.4 is 5.32 Å². The van der Waals surface area contributed by atoms with E-state index in [0.29, 0.717) is 43.4 Å². The van der Waals surface area contributed by atoms with Crippen molar-refractivity contribution in [3.8, 4) is 0 Å². The summed E-state index contributed by atoms with van der Waals surface area (Å²) in [6.45, 7) is 1.71. The smallest absolute Gasteiger partial charge is 0.251 e. The summed E-state index contributed by atoms with van der Waals surface area (Å²) >= 11 is 5.84. The number of halogens is 1. The zero-order chi connectivity index (χ0) is 18.6.